The first-order chi connectivity index (χ1) is 9.79. The van der Waals surface area contributed by atoms with E-state index in [2.05, 4.69) is 45.1 Å². The van der Waals surface area contributed by atoms with Crippen molar-refractivity contribution in [1.82, 2.24) is 10.5 Å². The van der Waals surface area contributed by atoms with Crippen LogP contribution in [-0.2, 0) is 6.42 Å². The highest BCUT2D eigenvalue weighted by Gasteiger charge is 2.40. The molecule has 0 saturated carbocycles. The van der Waals surface area contributed by atoms with Gasteiger partial charge in [0.25, 0.3) is 5.91 Å². The SMILES string of the molecule is CCCC(C)(CCC)C(C)(C)NC(=O)c1cc(CC)on1. The van der Waals surface area contributed by atoms with Crippen molar-refractivity contribution in [3.8, 4) is 0 Å². The maximum atomic E-state index is 12.4. The van der Waals surface area contributed by atoms with Crippen LogP contribution in [0.2, 0.25) is 0 Å². The zero-order chi connectivity index (χ0) is 16.1. The maximum absolute atomic E-state index is 12.4. The van der Waals surface area contributed by atoms with E-state index in [-0.39, 0.29) is 16.9 Å². The predicted octanol–water partition coefficient (Wildman–Crippen LogP) is 4.35. The van der Waals surface area contributed by atoms with Gasteiger partial charge in [-0.1, -0.05) is 45.7 Å². The summed E-state index contributed by atoms with van der Waals surface area (Å²) in [5, 5.41) is 7.02. The fraction of sp³-hybridized carbons (Fsp3) is 0.765. The van der Waals surface area contributed by atoms with Gasteiger partial charge in [-0.05, 0) is 32.1 Å². The van der Waals surface area contributed by atoms with Crippen LogP contribution in [0.3, 0.4) is 0 Å². The minimum Gasteiger partial charge on any atom is -0.361 e. The van der Waals surface area contributed by atoms with Gasteiger partial charge in [0.15, 0.2) is 5.69 Å². The molecule has 0 unspecified atom stereocenters. The molecular weight excluding hydrogens is 264 g/mol. The van der Waals surface area contributed by atoms with E-state index in [4.69, 9.17) is 4.52 Å². The molecule has 0 spiro atoms. The van der Waals surface area contributed by atoms with E-state index < -0.39 is 0 Å². The Morgan fingerprint density at radius 3 is 2.19 bits per heavy atom. The number of hydrogen-bond acceptors (Lipinski definition) is 3. The molecule has 0 bridgehead atoms. The molecule has 4 heteroatoms. The number of rotatable bonds is 8. The van der Waals surface area contributed by atoms with E-state index in [1.165, 1.54) is 0 Å². The van der Waals surface area contributed by atoms with Gasteiger partial charge in [0.1, 0.15) is 5.76 Å². The molecule has 1 aromatic rings. The molecule has 0 aliphatic rings. The van der Waals surface area contributed by atoms with E-state index in [0.29, 0.717) is 5.69 Å². The van der Waals surface area contributed by atoms with Crippen molar-refractivity contribution in [3.63, 3.8) is 0 Å². The number of hydrogen-bond donors (Lipinski definition) is 1. The fourth-order valence-electron chi connectivity index (χ4n) is 2.94. The normalized spacial score (nSPS) is 12.5. The molecule has 0 saturated heterocycles. The molecule has 1 aromatic heterocycles. The van der Waals surface area contributed by atoms with Crippen molar-refractivity contribution < 1.29 is 9.32 Å². The molecule has 0 fully saturated rings. The average Bonchev–Trinajstić information content (AvgIpc) is 2.87. The molecule has 0 radical (unpaired) electrons. The number of aryl methyl sites for hydroxylation is 1. The summed E-state index contributed by atoms with van der Waals surface area (Å²) in [6.07, 6.45) is 5.15. The Balaban J connectivity index is 2.88. The lowest BCUT2D eigenvalue weighted by molar-refractivity contribution is 0.0703. The Morgan fingerprint density at radius 2 is 1.76 bits per heavy atom. The summed E-state index contributed by atoms with van der Waals surface area (Å²) in [6.45, 7) is 12.8. The van der Waals surface area contributed by atoms with Crippen molar-refractivity contribution >= 4 is 5.91 Å². The largest absolute Gasteiger partial charge is 0.361 e. The van der Waals surface area contributed by atoms with Crippen molar-refractivity contribution in [2.24, 2.45) is 5.41 Å². The van der Waals surface area contributed by atoms with Crippen LogP contribution in [0.5, 0.6) is 0 Å². The molecule has 0 aromatic carbocycles. The molecule has 21 heavy (non-hydrogen) atoms. The highest BCUT2D eigenvalue weighted by molar-refractivity contribution is 5.92. The molecule has 0 atom stereocenters. The van der Waals surface area contributed by atoms with Crippen LogP contribution >= 0.6 is 0 Å². The quantitative estimate of drug-likeness (QED) is 0.775. The zero-order valence-electron chi connectivity index (χ0n) is 14.4. The second-order valence-corrected chi connectivity index (χ2v) is 6.67. The number of amides is 1. The van der Waals surface area contributed by atoms with Crippen molar-refractivity contribution in [2.75, 3.05) is 0 Å². The monoisotopic (exact) mass is 294 g/mol. The third kappa shape index (κ3) is 4.08. The van der Waals surface area contributed by atoms with Gasteiger partial charge in [-0.3, -0.25) is 4.79 Å². The fourth-order valence-corrected chi connectivity index (χ4v) is 2.94. The Kier molecular flexibility index (Phi) is 5.99. The van der Waals surface area contributed by atoms with Crippen LogP contribution in [0, 0.1) is 5.41 Å². The smallest absolute Gasteiger partial charge is 0.273 e. The Hall–Kier alpha value is -1.32. The lowest BCUT2D eigenvalue weighted by atomic mass is 9.67. The van der Waals surface area contributed by atoms with E-state index >= 15 is 0 Å². The average molecular weight is 294 g/mol. The minimum atomic E-state index is -0.290. The Bertz CT molecular complexity index is 457. The summed E-state index contributed by atoms with van der Waals surface area (Å²) in [6, 6.07) is 1.72. The topological polar surface area (TPSA) is 55.1 Å². The maximum Gasteiger partial charge on any atom is 0.273 e. The highest BCUT2D eigenvalue weighted by Crippen LogP contribution is 2.40. The molecule has 0 aliphatic carbocycles. The van der Waals surface area contributed by atoms with Crippen LogP contribution in [-0.4, -0.2) is 16.6 Å². The Morgan fingerprint density at radius 1 is 1.19 bits per heavy atom. The number of carbonyl (C=O) groups excluding carboxylic acids is 1. The lowest BCUT2D eigenvalue weighted by Crippen LogP contribution is -2.55. The third-order valence-corrected chi connectivity index (χ3v) is 4.68. The zero-order valence-corrected chi connectivity index (χ0v) is 14.4. The van der Waals surface area contributed by atoms with E-state index in [1.54, 1.807) is 6.07 Å². The van der Waals surface area contributed by atoms with Gasteiger partial charge in [-0.15, -0.1) is 0 Å². The first-order valence-electron chi connectivity index (χ1n) is 8.07. The van der Waals surface area contributed by atoms with Gasteiger partial charge in [-0.25, -0.2) is 0 Å². The molecule has 1 rings (SSSR count). The summed E-state index contributed by atoms with van der Waals surface area (Å²) in [7, 11) is 0. The van der Waals surface area contributed by atoms with Crippen LogP contribution in [0.15, 0.2) is 10.6 Å². The molecule has 0 aliphatic heterocycles. The lowest BCUT2D eigenvalue weighted by Gasteiger charge is -2.45. The molecule has 1 N–H and O–H groups in total. The van der Waals surface area contributed by atoms with E-state index in [0.717, 1.165) is 37.9 Å². The number of nitrogens with one attached hydrogen (secondary N) is 1. The van der Waals surface area contributed by atoms with Crippen molar-refractivity contribution in [1.29, 1.82) is 0 Å². The molecular formula is C17H30N2O2. The van der Waals surface area contributed by atoms with Gasteiger partial charge < -0.3 is 9.84 Å². The van der Waals surface area contributed by atoms with Gasteiger partial charge in [-0.2, -0.15) is 0 Å². The highest BCUT2D eigenvalue weighted by atomic mass is 16.5. The van der Waals surface area contributed by atoms with Crippen molar-refractivity contribution in [2.45, 2.75) is 79.2 Å². The third-order valence-electron chi connectivity index (χ3n) is 4.68. The van der Waals surface area contributed by atoms with E-state index in [1.807, 2.05) is 6.92 Å². The summed E-state index contributed by atoms with van der Waals surface area (Å²) in [5.74, 6) is 0.588. The molecule has 1 amide bonds. The molecule has 120 valence electrons. The first kappa shape index (κ1) is 17.7. The molecule has 1 heterocycles. The van der Waals surface area contributed by atoms with Crippen LogP contribution in [0.4, 0.5) is 0 Å². The number of carbonyl (C=O) groups is 1. The molecule has 4 nitrogen and oxygen atoms in total. The summed E-state index contributed by atoms with van der Waals surface area (Å²) in [4.78, 5) is 12.4. The number of nitrogens with zero attached hydrogens (tertiary/aromatic N) is 1. The standard InChI is InChI=1S/C17H30N2O2/c1-7-10-17(6,11-8-2)16(4,5)18-15(20)14-12-13(9-3)21-19-14/h12H,7-11H2,1-6H3,(H,18,20). The van der Waals surface area contributed by atoms with Gasteiger partial charge >= 0.3 is 0 Å². The summed E-state index contributed by atoms with van der Waals surface area (Å²) >= 11 is 0. The van der Waals surface area contributed by atoms with Crippen LogP contribution in [0.25, 0.3) is 0 Å². The Labute approximate surface area is 128 Å². The summed E-state index contributed by atoms with van der Waals surface area (Å²) in [5.41, 5.74) is 0.153. The van der Waals surface area contributed by atoms with Crippen LogP contribution in [0.1, 0.15) is 83.5 Å². The van der Waals surface area contributed by atoms with E-state index in [9.17, 15) is 4.79 Å². The van der Waals surface area contributed by atoms with Gasteiger partial charge in [0.2, 0.25) is 0 Å². The minimum absolute atomic E-state index is 0.0729. The first-order valence-corrected chi connectivity index (χ1v) is 8.07. The summed E-state index contributed by atoms with van der Waals surface area (Å²) < 4.78 is 5.12. The second-order valence-electron chi connectivity index (χ2n) is 6.67. The predicted molar refractivity (Wildman–Crippen MR) is 85.3 cm³/mol. The second kappa shape index (κ2) is 7.10. The van der Waals surface area contributed by atoms with Gasteiger partial charge in [0.05, 0.1) is 0 Å². The number of aromatic nitrogens is 1. The van der Waals surface area contributed by atoms with Crippen molar-refractivity contribution in [3.05, 3.63) is 17.5 Å². The van der Waals surface area contributed by atoms with Gasteiger partial charge in [0, 0.05) is 18.0 Å². The van der Waals surface area contributed by atoms with Crippen LogP contribution < -0.4 is 5.32 Å².